The van der Waals surface area contributed by atoms with E-state index in [4.69, 9.17) is 16.3 Å². The van der Waals surface area contributed by atoms with E-state index < -0.39 is 5.91 Å². The summed E-state index contributed by atoms with van der Waals surface area (Å²) in [6.07, 6.45) is 0. The molecule has 0 fully saturated rings. The average Bonchev–Trinajstić information content (AvgIpc) is 2.41. The first-order valence-corrected chi connectivity index (χ1v) is 6.82. The van der Waals surface area contributed by atoms with Gasteiger partial charge in [-0.15, -0.1) is 0 Å². The van der Waals surface area contributed by atoms with Gasteiger partial charge in [-0.1, -0.05) is 11.6 Å². The number of phenols is 1. The van der Waals surface area contributed by atoms with Crippen molar-refractivity contribution in [3.05, 3.63) is 51.5 Å². The van der Waals surface area contributed by atoms with Gasteiger partial charge in [0.15, 0.2) is 0 Å². The van der Waals surface area contributed by atoms with Crippen LogP contribution in [0, 0.1) is 0 Å². The van der Waals surface area contributed by atoms with Crippen LogP contribution in [-0.4, -0.2) is 18.1 Å². The van der Waals surface area contributed by atoms with Crippen LogP contribution in [0.4, 0.5) is 5.69 Å². The van der Waals surface area contributed by atoms with Gasteiger partial charge in [0.25, 0.3) is 5.91 Å². The highest BCUT2D eigenvalue weighted by Crippen LogP contribution is 2.28. The Balaban J connectivity index is 2.23. The summed E-state index contributed by atoms with van der Waals surface area (Å²) in [5, 5.41) is 12.4. The molecule has 2 aromatic rings. The summed E-state index contributed by atoms with van der Waals surface area (Å²) in [7, 11) is 1.56. The molecule has 0 aromatic heterocycles. The SMILES string of the molecule is COc1ccc(NC(=O)c2cc(O)ccc2Cl)cc1Br. The highest BCUT2D eigenvalue weighted by Gasteiger charge is 2.12. The Bertz CT molecular complexity index is 661. The van der Waals surface area contributed by atoms with Gasteiger partial charge >= 0.3 is 0 Å². The number of rotatable bonds is 3. The lowest BCUT2D eigenvalue weighted by molar-refractivity contribution is 0.102. The van der Waals surface area contributed by atoms with Gasteiger partial charge in [-0.25, -0.2) is 0 Å². The third kappa shape index (κ3) is 3.23. The summed E-state index contributed by atoms with van der Waals surface area (Å²) in [6, 6.07) is 9.35. The summed E-state index contributed by atoms with van der Waals surface area (Å²) >= 11 is 9.27. The van der Waals surface area contributed by atoms with Crippen molar-refractivity contribution in [2.24, 2.45) is 0 Å². The zero-order valence-electron chi connectivity index (χ0n) is 10.5. The Morgan fingerprint density at radius 2 is 2.05 bits per heavy atom. The lowest BCUT2D eigenvalue weighted by Crippen LogP contribution is -2.12. The number of carbonyl (C=O) groups excluding carboxylic acids is 1. The molecule has 104 valence electrons. The number of anilines is 1. The minimum atomic E-state index is -0.400. The number of halogens is 2. The second-order valence-corrected chi connectivity index (χ2v) is 5.23. The Kier molecular flexibility index (Phi) is 4.52. The first-order valence-electron chi connectivity index (χ1n) is 5.64. The highest BCUT2D eigenvalue weighted by atomic mass is 79.9. The van der Waals surface area contributed by atoms with E-state index in [1.807, 2.05) is 0 Å². The molecule has 0 spiro atoms. The van der Waals surface area contributed by atoms with Crippen molar-refractivity contribution in [2.75, 3.05) is 12.4 Å². The number of benzene rings is 2. The molecule has 0 heterocycles. The van der Waals surface area contributed by atoms with Gasteiger partial charge in [0.2, 0.25) is 0 Å². The van der Waals surface area contributed by atoms with E-state index in [-0.39, 0.29) is 16.3 Å². The first kappa shape index (κ1) is 14.7. The Morgan fingerprint density at radius 3 is 2.70 bits per heavy atom. The number of methoxy groups -OCH3 is 1. The Morgan fingerprint density at radius 1 is 1.30 bits per heavy atom. The van der Waals surface area contributed by atoms with Crippen LogP contribution < -0.4 is 10.1 Å². The number of ether oxygens (including phenoxy) is 1. The maximum atomic E-state index is 12.1. The van der Waals surface area contributed by atoms with Crippen molar-refractivity contribution in [2.45, 2.75) is 0 Å². The first-order chi connectivity index (χ1) is 9.51. The van der Waals surface area contributed by atoms with Crippen LogP contribution in [0.5, 0.6) is 11.5 Å². The molecule has 0 radical (unpaired) electrons. The molecule has 0 aliphatic carbocycles. The number of nitrogens with one attached hydrogen (secondary N) is 1. The molecule has 6 heteroatoms. The van der Waals surface area contributed by atoms with Gasteiger partial charge in [0.05, 0.1) is 22.2 Å². The van der Waals surface area contributed by atoms with Crippen molar-refractivity contribution in [1.29, 1.82) is 0 Å². The molecule has 0 saturated carbocycles. The van der Waals surface area contributed by atoms with Crippen molar-refractivity contribution >= 4 is 39.1 Å². The highest BCUT2D eigenvalue weighted by molar-refractivity contribution is 9.10. The molecule has 0 atom stereocenters. The predicted octanol–water partition coefficient (Wildman–Crippen LogP) is 4.07. The third-order valence-electron chi connectivity index (χ3n) is 2.60. The molecule has 2 aromatic carbocycles. The number of amides is 1. The van der Waals surface area contributed by atoms with Crippen LogP contribution in [0.2, 0.25) is 5.02 Å². The van der Waals surface area contributed by atoms with E-state index in [1.165, 1.54) is 18.2 Å². The smallest absolute Gasteiger partial charge is 0.257 e. The van der Waals surface area contributed by atoms with E-state index in [0.29, 0.717) is 11.4 Å². The van der Waals surface area contributed by atoms with Gasteiger partial charge in [-0.3, -0.25) is 4.79 Å². The minimum Gasteiger partial charge on any atom is -0.508 e. The molecule has 0 unspecified atom stereocenters. The monoisotopic (exact) mass is 355 g/mol. The van der Waals surface area contributed by atoms with Crippen molar-refractivity contribution < 1.29 is 14.6 Å². The standard InChI is InChI=1S/C14H11BrClNO3/c1-20-13-5-2-8(6-11(13)15)17-14(19)10-7-9(18)3-4-12(10)16/h2-7,18H,1H3,(H,17,19). The molecule has 0 bridgehead atoms. The van der Waals surface area contributed by atoms with Crippen LogP contribution >= 0.6 is 27.5 Å². The van der Waals surface area contributed by atoms with Crippen LogP contribution in [-0.2, 0) is 0 Å². The molecule has 0 aliphatic rings. The quantitative estimate of drug-likeness (QED) is 0.871. The molecular weight excluding hydrogens is 346 g/mol. The summed E-state index contributed by atoms with van der Waals surface area (Å²) < 4.78 is 5.83. The molecule has 1 amide bonds. The average molecular weight is 357 g/mol. The number of hydrogen-bond donors (Lipinski definition) is 2. The van der Waals surface area contributed by atoms with Gasteiger partial charge < -0.3 is 15.2 Å². The number of aromatic hydroxyl groups is 1. The predicted molar refractivity (Wildman–Crippen MR) is 81.8 cm³/mol. The van der Waals surface area contributed by atoms with Gasteiger partial charge in [0.1, 0.15) is 11.5 Å². The molecule has 20 heavy (non-hydrogen) atoms. The fourth-order valence-electron chi connectivity index (χ4n) is 1.63. The maximum absolute atomic E-state index is 12.1. The van der Waals surface area contributed by atoms with Crippen LogP contribution in [0.15, 0.2) is 40.9 Å². The van der Waals surface area contributed by atoms with Crippen molar-refractivity contribution in [1.82, 2.24) is 0 Å². The van der Waals surface area contributed by atoms with Gasteiger partial charge in [0, 0.05) is 5.69 Å². The second-order valence-electron chi connectivity index (χ2n) is 3.97. The Labute approximate surface area is 129 Å². The maximum Gasteiger partial charge on any atom is 0.257 e. The minimum absolute atomic E-state index is 0.0181. The molecule has 2 rings (SSSR count). The fourth-order valence-corrected chi connectivity index (χ4v) is 2.37. The van der Waals surface area contributed by atoms with E-state index in [0.717, 1.165) is 4.47 Å². The number of hydrogen-bond acceptors (Lipinski definition) is 3. The topological polar surface area (TPSA) is 58.6 Å². The van der Waals surface area contributed by atoms with Crippen LogP contribution in [0.25, 0.3) is 0 Å². The number of phenolic OH excluding ortho intramolecular Hbond substituents is 1. The van der Waals surface area contributed by atoms with Crippen LogP contribution in [0.1, 0.15) is 10.4 Å². The second kappa shape index (κ2) is 6.15. The van der Waals surface area contributed by atoms with E-state index in [9.17, 15) is 9.90 Å². The van der Waals surface area contributed by atoms with Gasteiger partial charge in [-0.05, 0) is 52.3 Å². The van der Waals surface area contributed by atoms with E-state index in [2.05, 4.69) is 21.2 Å². The van der Waals surface area contributed by atoms with Gasteiger partial charge in [-0.2, -0.15) is 0 Å². The van der Waals surface area contributed by atoms with E-state index >= 15 is 0 Å². The number of carbonyl (C=O) groups is 1. The van der Waals surface area contributed by atoms with Crippen molar-refractivity contribution in [3.8, 4) is 11.5 Å². The zero-order chi connectivity index (χ0) is 14.7. The largest absolute Gasteiger partial charge is 0.508 e. The third-order valence-corrected chi connectivity index (χ3v) is 3.55. The van der Waals surface area contributed by atoms with Crippen molar-refractivity contribution in [3.63, 3.8) is 0 Å². The molecule has 0 aliphatic heterocycles. The molecule has 2 N–H and O–H groups in total. The summed E-state index contributed by atoms with van der Waals surface area (Å²) in [6.45, 7) is 0. The molecule has 0 saturated heterocycles. The molecule has 4 nitrogen and oxygen atoms in total. The molecular formula is C14H11BrClNO3. The Hall–Kier alpha value is -1.72. The van der Waals surface area contributed by atoms with E-state index in [1.54, 1.807) is 25.3 Å². The fraction of sp³-hybridized carbons (Fsp3) is 0.0714. The normalized spacial score (nSPS) is 10.2. The lowest BCUT2D eigenvalue weighted by atomic mass is 10.2. The summed E-state index contributed by atoms with van der Waals surface area (Å²) in [5.74, 6) is 0.247. The lowest BCUT2D eigenvalue weighted by Gasteiger charge is -2.09. The van der Waals surface area contributed by atoms with Crippen LogP contribution in [0.3, 0.4) is 0 Å². The zero-order valence-corrected chi connectivity index (χ0v) is 12.8. The summed E-state index contributed by atoms with van der Waals surface area (Å²) in [5.41, 5.74) is 0.792. The summed E-state index contributed by atoms with van der Waals surface area (Å²) in [4.78, 5) is 12.1.